The molecule has 1 amide bonds. The second-order valence-electron chi connectivity index (χ2n) is 6.39. The molecular formula is C19H27NO5. The van der Waals surface area contributed by atoms with Gasteiger partial charge in [0.15, 0.2) is 0 Å². The van der Waals surface area contributed by atoms with Gasteiger partial charge in [0.2, 0.25) is 0 Å². The summed E-state index contributed by atoms with van der Waals surface area (Å²) in [6.07, 6.45) is 5.21. The van der Waals surface area contributed by atoms with Gasteiger partial charge in [-0.1, -0.05) is 40.0 Å². The highest BCUT2D eigenvalue weighted by Gasteiger charge is 2.30. The van der Waals surface area contributed by atoms with Crippen LogP contribution in [0.25, 0.3) is 0 Å². The molecule has 138 valence electrons. The molecular weight excluding hydrogens is 322 g/mol. The van der Waals surface area contributed by atoms with E-state index in [0.29, 0.717) is 0 Å². The van der Waals surface area contributed by atoms with Crippen LogP contribution in [-0.4, -0.2) is 33.6 Å². The molecule has 1 aromatic rings. The van der Waals surface area contributed by atoms with Crippen LogP contribution in [0.3, 0.4) is 0 Å². The maximum atomic E-state index is 12.7. The topological polar surface area (TPSA) is 104 Å². The van der Waals surface area contributed by atoms with Crippen molar-refractivity contribution in [2.75, 3.05) is 0 Å². The molecule has 0 aliphatic heterocycles. The third-order valence-corrected chi connectivity index (χ3v) is 4.25. The Labute approximate surface area is 148 Å². The van der Waals surface area contributed by atoms with Crippen molar-refractivity contribution in [2.45, 2.75) is 64.8 Å². The fourth-order valence-corrected chi connectivity index (χ4v) is 3.32. The second-order valence-corrected chi connectivity index (χ2v) is 6.39. The summed E-state index contributed by atoms with van der Waals surface area (Å²) < 4.78 is 0. The van der Waals surface area contributed by atoms with Gasteiger partial charge in [0.1, 0.15) is 0 Å². The van der Waals surface area contributed by atoms with Crippen molar-refractivity contribution in [1.29, 1.82) is 0 Å². The predicted octanol–water partition coefficient (Wildman–Crippen LogP) is 3.95. The van der Waals surface area contributed by atoms with E-state index in [1.54, 1.807) is 0 Å². The van der Waals surface area contributed by atoms with Gasteiger partial charge >= 0.3 is 11.9 Å². The summed E-state index contributed by atoms with van der Waals surface area (Å²) in [4.78, 5) is 35.2. The number of benzene rings is 1. The molecule has 0 fully saturated rings. The lowest BCUT2D eigenvalue weighted by Gasteiger charge is -2.35. The Kier molecular flexibility index (Phi) is 7.61. The standard InChI is InChI=1S/C19H27NO5/c1-4-7-19(8-5-2,9-6-3)20-16(21)13-10-14(17(22)23)12-15(11-13)18(24)25/h10-12H,4-9H2,1-3H3,(H,20,21)(H,22,23)(H,24,25). The van der Waals surface area contributed by atoms with Crippen LogP contribution in [0.4, 0.5) is 0 Å². The maximum Gasteiger partial charge on any atom is 0.335 e. The van der Waals surface area contributed by atoms with E-state index in [1.807, 2.05) is 0 Å². The molecule has 0 aromatic heterocycles. The Morgan fingerprint density at radius 3 is 1.48 bits per heavy atom. The van der Waals surface area contributed by atoms with Gasteiger partial charge in [0.05, 0.1) is 11.1 Å². The molecule has 3 N–H and O–H groups in total. The molecule has 25 heavy (non-hydrogen) atoms. The average molecular weight is 349 g/mol. The first-order valence-electron chi connectivity index (χ1n) is 8.72. The van der Waals surface area contributed by atoms with E-state index in [9.17, 15) is 14.4 Å². The van der Waals surface area contributed by atoms with Crippen LogP contribution < -0.4 is 5.32 Å². The molecule has 1 aromatic carbocycles. The highest BCUT2D eigenvalue weighted by Crippen LogP contribution is 2.26. The lowest BCUT2D eigenvalue weighted by atomic mass is 9.84. The maximum absolute atomic E-state index is 12.7. The Balaban J connectivity index is 3.23. The second kappa shape index (κ2) is 9.20. The normalized spacial score (nSPS) is 11.2. The van der Waals surface area contributed by atoms with Crippen LogP contribution in [0.15, 0.2) is 18.2 Å². The monoisotopic (exact) mass is 349 g/mol. The molecule has 0 unspecified atom stereocenters. The lowest BCUT2D eigenvalue weighted by molar-refractivity contribution is 0.0696. The van der Waals surface area contributed by atoms with E-state index in [1.165, 1.54) is 12.1 Å². The number of nitrogens with one attached hydrogen (secondary N) is 1. The number of carboxylic acids is 2. The lowest BCUT2D eigenvalue weighted by Crippen LogP contribution is -2.48. The van der Waals surface area contributed by atoms with Crippen molar-refractivity contribution in [2.24, 2.45) is 0 Å². The fraction of sp³-hybridized carbons (Fsp3) is 0.526. The largest absolute Gasteiger partial charge is 0.478 e. The summed E-state index contributed by atoms with van der Waals surface area (Å²) in [5.74, 6) is -2.96. The van der Waals surface area contributed by atoms with Crippen LogP contribution >= 0.6 is 0 Å². The third kappa shape index (κ3) is 5.59. The molecule has 0 spiro atoms. The van der Waals surface area contributed by atoms with E-state index >= 15 is 0 Å². The first-order valence-corrected chi connectivity index (χ1v) is 8.72. The number of hydrogen-bond donors (Lipinski definition) is 3. The molecule has 0 atom stereocenters. The van der Waals surface area contributed by atoms with Crippen LogP contribution in [0.1, 0.15) is 90.4 Å². The zero-order valence-corrected chi connectivity index (χ0v) is 15.1. The Bertz CT molecular complexity index is 589. The van der Waals surface area contributed by atoms with E-state index in [-0.39, 0.29) is 22.2 Å². The van der Waals surface area contributed by atoms with Crippen LogP contribution in [0.2, 0.25) is 0 Å². The van der Waals surface area contributed by atoms with Crippen molar-refractivity contribution < 1.29 is 24.6 Å². The summed E-state index contributed by atoms with van der Waals surface area (Å²) in [5, 5.41) is 21.4. The van der Waals surface area contributed by atoms with Gasteiger partial charge in [-0.2, -0.15) is 0 Å². The van der Waals surface area contributed by atoms with Gasteiger partial charge in [-0.05, 0) is 37.5 Å². The van der Waals surface area contributed by atoms with Crippen LogP contribution in [-0.2, 0) is 0 Å². The first kappa shape index (κ1) is 20.7. The molecule has 0 bridgehead atoms. The van der Waals surface area contributed by atoms with Crippen LogP contribution in [0.5, 0.6) is 0 Å². The van der Waals surface area contributed by atoms with Gasteiger partial charge < -0.3 is 15.5 Å². The summed E-state index contributed by atoms with van der Waals surface area (Å²) in [5.41, 5.74) is -0.711. The van der Waals surface area contributed by atoms with Crippen molar-refractivity contribution in [1.82, 2.24) is 5.32 Å². The number of carboxylic acid groups (broad SMARTS) is 2. The first-order chi connectivity index (χ1) is 11.8. The molecule has 6 heteroatoms. The Morgan fingerprint density at radius 1 is 0.800 bits per heavy atom. The molecule has 0 aliphatic rings. The summed E-state index contributed by atoms with van der Waals surface area (Å²) >= 11 is 0. The van der Waals surface area contributed by atoms with E-state index < -0.39 is 17.8 Å². The van der Waals surface area contributed by atoms with Gasteiger partial charge in [-0.3, -0.25) is 4.79 Å². The highest BCUT2D eigenvalue weighted by molar-refractivity contribution is 6.01. The smallest absolute Gasteiger partial charge is 0.335 e. The van der Waals surface area contributed by atoms with Gasteiger partial charge in [0, 0.05) is 11.1 Å². The molecule has 0 saturated heterocycles. The minimum Gasteiger partial charge on any atom is -0.478 e. The van der Waals surface area contributed by atoms with Gasteiger partial charge in [-0.25, -0.2) is 9.59 Å². The minimum atomic E-state index is -1.26. The van der Waals surface area contributed by atoms with E-state index in [4.69, 9.17) is 10.2 Å². The van der Waals surface area contributed by atoms with E-state index in [2.05, 4.69) is 26.1 Å². The fourth-order valence-electron chi connectivity index (χ4n) is 3.32. The zero-order chi connectivity index (χ0) is 19.0. The molecule has 1 rings (SSSR count). The van der Waals surface area contributed by atoms with Crippen LogP contribution in [0, 0.1) is 0 Å². The Morgan fingerprint density at radius 2 is 1.16 bits per heavy atom. The predicted molar refractivity (Wildman–Crippen MR) is 95.3 cm³/mol. The van der Waals surface area contributed by atoms with E-state index in [0.717, 1.165) is 44.6 Å². The number of aromatic carboxylic acids is 2. The zero-order valence-electron chi connectivity index (χ0n) is 15.1. The number of amides is 1. The molecule has 0 aliphatic carbocycles. The average Bonchev–Trinajstić information content (AvgIpc) is 2.55. The minimum absolute atomic E-state index is 0.0602. The summed E-state index contributed by atoms with van der Waals surface area (Å²) in [6.45, 7) is 6.17. The van der Waals surface area contributed by atoms with Crippen molar-refractivity contribution in [3.8, 4) is 0 Å². The van der Waals surface area contributed by atoms with Crippen molar-refractivity contribution >= 4 is 17.8 Å². The number of hydrogen-bond acceptors (Lipinski definition) is 3. The number of rotatable bonds is 10. The number of carbonyl (C=O) groups is 3. The van der Waals surface area contributed by atoms with Crippen molar-refractivity contribution in [3.05, 3.63) is 34.9 Å². The molecule has 0 heterocycles. The summed E-state index contributed by atoms with van der Waals surface area (Å²) in [7, 11) is 0. The van der Waals surface area contributed by atoms with Crippen molar-refractivity contribution in [3.63, 3.8) is 0 Å². The summed E-state index contributed by atoms with van der Waals surface area (Å²) in [6, 6.07) is 3.50. The third-order valence-electron chi connectivity index (χ3n) is 4.25. The number of carbonyl (C=O) groups excluding carboxylic acids is 1. The molecule has 0 radical (unpaired) electrons. The molecule has 0 saturated carbocycles. The molecule has 6 nitrogen and oxygen atoms in total. The SMILES string of the molecule is CCCC(CCC)(CCC)NC(=O)c1cc(C(=O)O)cc(C(=O)O)c1. The van der Waals surface area contributed by atoms with Gasteiger partial charge in [0.25, 0.3) is 5.91 Å². The Hall–Kier alpha value is -2.37. The quantitative estimate of drug-likeness (QED) is 0.593. The highest BCUT2D eigenvalue weighted by atomic mass is 16.4. The van der Waals surface area contributed by atoms with Gasteiger partial charge in [-0.15, -0.1) is 0 Å².